The predicted octanol–water partition coefficient (Wildman–Crippen LogP) is 1.67. The third-order valence-corrected chi connectivity index (χ3v) is 6.13. The van der Waals surface area contributed by atoms with Crippen LogP contribution in [-0.4, -0.2) is 32.4 Å². The summed E-state index contributed by atoms with van der Waals surface area (Å²) in [6.45, 7) is 1.16. The molecular weight excluding hydrogens is 382 g/mol. The van der Waals surface area contributed by atoms with Gasteiger partial charge in [-0.1, -0.05) is 0 Å². The summed E-state index contributed by atoms with van der Waals surface area (Å²) in [6.07, 6.45) is 0. The van der Waals surface area contributed by atoms with Crippen molar-refractivity contribution in [1.82, 2.24) is 5.48 Å². The molecule has 7 nitrogen and oxygen atoms in total. The number of nitrogens with one attached hydrogen (secondary N) is 2. The molecule has 0 spiro atoms. The van der Waals surface area contributed by atoms with Crippen molar-refractivity contribution in [2.24, 2.45) is 0 Å². The summed E-state index contributed by atoms with van der Waals surface area (Å²) in [4.78, 5) is 10.9. The predicted molar refractivity (Wildman–Crippen MR) is 86.1 cm³/mol. The van der Waals surface area contributed by atoms with Gasteiger partial charge in [0.2, 0.25) is 0 Å². The van der Waals surface area contributed by atoms with Crippen LogP contribution in [0.15, 0.2) is 42.5 Å². The van der Waals surface area contributed by atoms with Gasteiger partial charge in [-0.15, -0.1) is 0 Å². The molecule has 3 N–H and O–H groups in total. The van der Waals surface area contributed by atoms with Crippen LogP contribution in [0.1, 0.15) is 6.92 Å². The number of carbonyl (C=O) groups is 1. The van der Waals surface area contributed by atoms with Crippen LogP contribution in [0.2, 0.25) is 0 Å². The van der Waals surface area contributed by atoms with E-state index in [0.717, 1.165) is 6.92 Å². The number of hydroxylamine groups is 1. The first-order valence-corrected chi connectivity index (χ1v) is 10.1. The van der Waals surface area contributed by atoms with Gasteiger partial charge in [-0.05, 0) is 0 Å². The second-order valence-electron chi connectivity index (χ2n) is 4.85. The Kier molecular flexibility index (Phi) is 5.79. The number of hydrogen-bond acceptors (Lipinski definition) is 6. The van der Waals surface area contributed by atoms with Crippen molar-refractivity contribution in [3.05, 3.63) is 48.3 Å². The number of halogens is 1. The van der Waals surface area contributed by atoms with Gasteiger partial charge in [-0.25, -0.2) is 0 Å². The van der Waals surface area contributed by atoms with Crippen molar-refractivity contribution < 1.29 is 25.9 Å². The molecule has 0 heterocycles. The van der Waals surface area contributed by atoms with Crippen molar-refractivity contribution in [2.75, 3.05) is 12.4 Å². The van der Waals surface area contributed by atoms with Crippen LogP contribution in [0, 0.1) is 5.82 Å². The van der Waals surface area contributed by atoms with E-state index in [4.69, 9.17) is 9.08 Å². The standard InChI is InChI=1S/C15H16AsFN2O5/c1-10(20)19-23-16(21,24-22)13-7-12(8-15(9-13)18-2)11-3-5-14(17)6-4-11/h3-9,18,22H,1-2H3,(H,19,20). The summed E-state index contributed by atoms with van der Waals surface area (Å²) in [7, 11) is 1.65. The van der Waals surface area contributed by atoms with E-state index in [1.165, 1.54) is 24.3 Å². The molecular formula is C15H16AsFN2O5. The average molecular weight is 398 g/mol. The molecule has 0 aliphatic heterocycles. The van der Waals surface area contributed by atoms with E-state index in [1.807, 2.05) is 5.48 Å². The van der Waals surface area contributed by atoms with E-state index >= 15 is 0 Å². The molecule has 0 bridgehead atoms. The summed E-state index contributed by atoms with van der Waals surface area (Å²) in [6, 6.07) is 10.4. The number of amides is 1. The fraction of sp³-hybridized carbons (Fsp3) is 0.133. The Labute approximate surface area is 140 Å². The molecule has 0 aromatic heterocycles. The second-order valence-corrected chi connectivity index (χ2v) is 8.75. The number of hydrogen-bond donors (Lipinski definition) is 3. The molecule has 2 rings (SSSR count). The van der Waals surface area contributed by atoms with E-state index in [2.05, 4.69) is 9.19 Å². The molecule has 1 unspecified atom stereocenters. The van der Waals surface area contributed by atoms with Gasteiger partial charge in [0, 0.05) is 0 Å². The van der Waals surface area contributed by atoms with Gasteiger partial charge in [0.15, 0.2) is 0 Å². The summed E-state index contributed by atoms with van der Waals surface area (Å²) >= 11 is -4.92. The molecule has 0 saturated carbocycles. The van der Waals surface area contributed by atoms with Crippen molar-refractivity contribution in [1.29, 1.82) is 0 Å². The molecule has 0 aliphatic carbocycles. The normalized spacial score (nSPS) is 13.2. The zero-order chi connectivity index (χ0) is 17.7. The molecule has 128 valence electrons. The maximum atomic E-state index is 13.1. The van der Waals surface area contributed by atoms with E-state index in [9.17, 15) is 12.9 Å². The fourth-order valence-electron chi connectivity index (χ4n) is 1.96. The Bertz CT molecular complexity index is 782. The zero-order valence-corrected chi connectivity index (χ0v) is 14.8. The summed E-state index contributed by atoms with van der Waals surface area (Å²) in [5.41, 5.74) is 3.74. The Morgan fingerprint density at radius 3 is 2.38 bits per heavy atom. The van der Waals surface area contributed by atoms with Crippen LogP contribution >= 0.6 is 0 Å². The number of anilines is 1. The number of benzene rings is 2. The molecule has 1 atom stereocenters. The van der Waals surface area contributed by atoms with Gasteiger partial charge < -0.3 is 0 Å². The van der Waals surface area contributed by atoms with Gasteiger partial charge in [0.1, 0.15) is 0 Å². The molecule has 0 fully saturated rings. The Balaban J connectivity index is 2.49. The van der Waals surface area contributed by atoms with E-state index in [-0.39, 0.29) is 10.2 Å². The Morgan fingerprint density at radius 1 is 1.17 bits per heavy atom. The summed E-state index contributed by atoms with van der Waals surface area (Å²) < 4.78 is 34.7. The zero-order valence-electron chi connectivity index (χ0n) is 12.9. The van der Waals surface area contributed by atoms with Crippen LogP contribution in [0.25, 0.3) is 11.1 Å². The quantitative estimate of drug-likeness (QED) is 0.389. The van der Waals surface area contributed by atoms with Gasteiger partial charge >= 0.3 is 140 Å². The topological polar surface area (TPSA) is 96.9 Å². The Hall–Kier alpha value is -2.12. The minimum absolute atomic E-state index is 0.0653. The third kappa shape index (κ3) is 4.24. The second kappa shape index (κ2) is 7.63. The molecule has 2 aromatic rings. The van der Waals surface area contributed by atoms with E-state index in [1.54, 1.807) is 25.2 Å². The minimum atomic E-state index is -4.92. The van der Waals surface area contributed by atoms with Gasteiger partial charge in [-0.2, -0.15) is 0 Å². The molecule has 1 amide bonds. The van der Waals surface area contributed by atoms with Gasteiger partial charge in [-0.3, -0.25) is 0 Å². The van der Waals surface area contributed by atoms with E-state index < -0.39 is 20.1 Å². The van der Waals surface area contributed by atoms with E-state index in [0.29, 0.717) is 16.8 Å². The summed E-state index contributed by atoms with van der Waals surface area (Å²) in [5, 5.41) is 11.9. The third-order valence-electron chi connectivity index (χ3n) is 3.12. The van der Waals surface area contributed by atoms with Crippen LogP contribution < -0.4 is 15.1 Å². The van der Waals surface area contributed by atoms with Crippen molar-refractivity contribution in [3.63, 3.8) is 0 Å². The molecule has 0 aliphatic rings. The van der Waals surface area contributed by atoms with Crippen molar-refractivity contribution in [2.45, 2.75) is 6.92 Å². The van der Waals surface area contributed by atoms with Crippen LogP contribution in [0.5, 0.6) is 0 Å². The Morgan fingerprint density at radius 2 is 1.83 bits per heavy atom. The number of rotatable bonds is 6. The maximum absolute atomic E-state index is 13.1. The summed E-state index contributed by atoms with van der Waals surface area (Å²) in [5.74, 6) is -0.983. The average Bonchev–Trinajstić information content (AvgIpc) is 2.59. The molecule has 0 radical (unpaired) electrons. The van der Waals surface area contributed by atoms with Crippen LogP contribution in [0.4, 0.5) is 10.1 Å². The van der Waals surface area contributed by atoms with Crippen LogP contribution in [0.3, 0.4) is 0 Å². The fourth-order valence-corrected chi connectivity index (χ4v) is 4.22. The molecule has 2 aromatic carbocycles. The first kappa shape index (κ1) is 18.2. The van der Waals surface area contributed by atoms with Crippen molar-refractivity contribution >= 4 is 30.1 Å². The monoisotopic (exact) mass is 398 g/mol. The molecule has 0 saturated heterocycles. The van der Waals surface area contributed by atoms with Crippen LogP contribution in [-0.2, 0) is 16.2 Å². The first-order chi connectivity index (χ1) is 11.4. The first-order valence-electron chi connectivity index (χ1n) is 6.85. The SMILES string of the molecule is CNc1cc(-c2ccc(F)cc2)cc([As](=O)(OO)ONC(C)=O)c1. The molecule has 9 heteroatoms. The van der Waals surface area contributed by atoms with Gasteiger partial charge in [0.25, 0.3) is 0 Å². The molecule has 24 heavy (non-hydrogen) atoms. The number of carbonyl (C=O) groups excluding carboxylic acids is 1. The van der Waals surface area contributed by atoms with Crippen molar-refractivity contribution in [3.8, 4) is 11.1 Å². The van der Waals surface area contributed by atoms with Gasteiger partial charge in [0.05, 0.1) is 0 Å².